The van der Waals surface area contributed by atoms with Gasteiger partial charge in [0.15, 0.2) is 0 Å². The lowest BCUT2D eigenvalue weighted by Crippen LogP contribution is -2.57. The van der Waals surface area contributed by atoms with Crippen molar-refractivity contribution in [2.45, 2.75) is 84.9 Å². The first-order chi connectivity index (χ1) is 15.4. The van der Waals surface area contributed by atoms with Gasteiger partial charge in [-0.05, 0) is 51.9 Å². The van der Waals surface area contributed by atoms with Gasteiger partial charge in [-0.1, -0.05) is 45.1 Å². The molecule has 3 atom stereocenters. The molecule has 0 aromatic carbocycles. The monoisotopic (exact) mass is 463 g/mol. The zero-order valence-electron chi connectivity index (χ0n) is 21.0. The van der Waals surface area contributed by atoms with E-state index >= 15 is 0 Å². The van der Waals surface area contributed by atoms with Crippen LogP contribution < -0.4 is 10.6 Å². The molecule has 1 fully saturated rings. The number of carbonyl (C=O) groups is 3. The van der Waals surface area contributed by atoms with Gasteiger partial charge in [0.1, 0.15) is 11.6 Å². The minimum atomic E-state index is -0.773. The molecule has 2 N–H and O–H groups in total. The molecule has 0 saturated carbocycles. The van der Waals surface area contributed by atoms with E-state index in [1.807, 2.05) is 65.8 Å². The third kappa shape index (κ3) is 9.10. The van der Waals surface area contributed by atoms with Gasteiger partial charge in [-0.3, -0.25) is 4.79 Å². The summed E-state index contributed by atoms with van der Waals surface area (Å²) < 4.78 is 10.9. The van der Waals surface area contributed by atoms with Crippen LogP contribution in [0.25, 0.3) is 0 Å². The lowest BCUT2D eigenvalue weighted by molar-refractivity contribution is -0.125. The lowest BCUT2D eigenvalue weighted by atomic mass is 9.86. The number of rotatable bonds is 6. The second kappa shape index (κ2) is 11.6. The van der Waals surface area contributed by atoms with Crippen LogP contribution in [-0.2, 0) is 14.3 Å². The Labute approximate surface area is 198 Å². The number of alkyl carbamates (subject to hydrolysis) is 1. The van der Waals surface area contributed by atoms with Crippen LogP contribution in [0, 0.1) is 11.3 Å². The van der Waals surface area contributed by atoms with E-state index in [9.17, 15) is 14.4 Å². The van der Waals surface area contributed by atoms with Crippen LogP contribution in [0.2, 0.25) is 0 Å². The predicted octanol–water partition coefficient (Wildman–Crippen LogP) is 4.17. The summed E-state index contributed by atoms with van der Waals surface area (Å²) in [6.07, 6.45) is 10.5. The minimum Gasteiger partial charge on any atom is -0.449 e. The fraction of sp³-hybridized carbons (Fsp3) is 0.720. The first-order valence-corrected chi connectivity index (χ1v) is 11.9. The largest absolute Gasteiger partial charge is 0.449 e. The van der Waals surface area contributed by atoms with E-state index < -0.39 is 23.2 Å². The predicted molar refractivity (Wildman–Crippen MR) is 128 cm³/mol. The fourth-order valence-corrected chi connectivity index (χ4v) is 3.87. The second-order valence-corrected chi connectivity index (χ2v) is 10.9. The summed E-state index contributed by atoms with van der Waals surface area (Å²) in [5, 5.41) is 5.67. The Morgan fingerprint density at radius 1 is 1.09 bits per heavy atom. The molecule has 1 aliphatic carbocycles. The number of amides is 3. The number of allylic oxidation sites excluding steroid dienone is 3. The SMILES string of the molecule is CC(C)(C)OC(=O)N1CCCC[C@H]1CNC(=O)[C@@H](NC(=O)OCC1C=CC=CC1)C(C)(C)C. The summed E-state index contributed by atoms with van der Waals surface area (Å²) in [4.78, 5) is 39.8. The fourth-order valence-electron chi connectivity index (χ4n) is 3.87. The molecule has 0 bridgehead atoms. The Hall–Kier alpha value is -2.51. The van der Waals surface area contributed by atoms with Gasteiger partial charge in [-0.25, -0.2) is 9.59 Å². The molecule has 0 aromatic heterocycles. The summed E-state index contributed by atoms with van der Waals surface area (Å²) >= 11 is 0. The van der Waals surface area contributed by atoms with Crippen molar-refractivity contribution in [3.63, 3.8) is 0 Å². The Bertz CT molecular complexity index is 748. The molecule has 3 amide bonds. The van der Waals surface area contributed by atoms with Crippen molar-refractivity contribution in [3.8, 4) is 0 Å². The normalized spacial score (nSPS) is 21.8. The molecule has 8 nitrogen and oxygen atoms in total. The third-order valence-corrected chi connectivity index (χ3v) is 5.66. The topological polar surface area (TPSA) is 97.0 Å². The highest BCUT2D eigenvalue weighted by atomic mass is 16.6. The van der Waals surface area contributed by atoms with E-state index in [2.05, 4.69) is 10.6 Å². The van der Waals surface area contributed by atoms with Crippen molar-refractivity contribution in [3.05, 3.63) is 24.3 Å². The molecule has 186 valence electrons. The molecule has 8 heteroatoms. The van der Waals surface area contributed by atoms with E-state index in [1.54, 1.807) is 4.90 Å². The minimum absolute atomic E-state index is 0.142. The molecule has 2 aliphatic rings. The van der Waals surface area contributed by atoms with Gasteiger partial charge in [0.25, 0.3) is 0 Å². The highest BCUT2D eigenvalue weighted by Gasteiger charge is 2.35. The van der Waals surface area contributed by atoms with Crippen LogP contribution in [0.4, 0.5) is 9.59 Å². The first-order valence-electron chi connectivity index (χ1n) is 11.9. The number of likely N-dealkylation sites (tertiary alicyclic amines) is 1. The number of piperidine rings is 1. The molecule has 1 heterocycles. The smallest absolute Gasteiger partial charge is 0.410 e. The molecule has 1 aliphatic heterocycles. The number of ether oxygens (including phenoxy) is 2. The van der Waals surface area contributed by atoms with Crippen molar-refractivity contribution in [2.24, 2.45) is 11.3 Å². The summed E-state index contributed by atoms with van der Waals surface area (Å²) in [5.74, 6) is -0.151. The molecule has 1 unspecified atom stereocenters. The Balaban J connectivity index is 1.92. The number of nitrogens with one attached hydrogen (secondary N) is 2. The molecule has 0 radical (unpaired) electrons. The molecule has 0 aromatic rings. The van der Waals surface area contributed by atoms with Crippen LogP contribution >= 0.6 is 0 Å². The van der Waals surface area contributed by atoms with Crippen molar-refractivity contribution >= 4 is 18.1 Å². The highest BCUT2D eigenvalue weighted by molar-refractivity contribution is 5.86. The average molecular weight is 464 g/mol. The Morgan fingerprint density at radius 3 is 2.42 bits per heavy atom. The molecular formula is C25H41N3O5. The van der Waals surface area contributed by atoms with Crippen molar-refractivity contribution in [2.75, 3.05) is 19.7 Å². The molecule has 1 saturated heterocycles. The van der Waals surface area contributed by atoms with Gasteiger partial charge in [-0.2, -0.15) is 0 Å². The van der Waals surface area contributed by atoms with Gasteiger partial charge in [0.05, 0.1) is 12.6 Å². The van der Waals surface area contributed by atoms with Gasteiger partial charge in [0, 0.05) is 19.0 Å². The summed E-state index contributed by atoms with van der Waals surface area (Å²) in [6, 6.07) is -0.915. The second-order valence-electron chi connectivity index (χ2n) is 10.9. The van der Waals surface area contributed by atoms with Gasteiger partial charge in [-0.15, -0.1) is 0 Å². The van der Waals surface area contributed by atoms with Crippen molar-refractivity contribution in [1.29, 1.82) is 0 Å². The highest BCUT2D eigenvalue weighted by Crippen LogP contribution is 2.22. The van der Waals surface area contributed by atoms with Gasteiger partial charge >= 0.3 is 12.2 Å². The third-order valence-electron chi connectivity index (χ3n) is 5.66. The average Bonchev–Trinajstić information content (AvgIpc) is 2.73. The summed E-state index contributed by atoms with van der Waals surface area (Å²) in [7, 11) is 0. The molecule has 2 rings (SSSR count). The van der Waals surface area contributed by atoms with E-state index in [4.69, 9.17) is 9.47 Å². The molecular weight excluding hydrogens is 422 g/mol. The zero-order chi connectivity index (χ0) is 24.6. The Morgan fingerprint density at radius 2 is 1.82 bits per heavy atom. The van der Waals surface area contributed by atoms with Crippen molar-refractivity contribution < 1.29 is 23.9 Å². The standard InChI is InChI=1S/C25H41N3O5/c1-24(2,3)20(27-22(30)32-17-18-12-8-7-9-13-18)21(29)26-16-19-14-10-11-15-28(19)23(31)33-25(4,5)6/h7-9,12,18-20H,10-11,13-17H2,1-6H3,(H,26,29)(H,27,30)/t18?,19-,20+/m0/s1. The molecule has 0 spiro atoms. The van der Waals surface area contributed by atoms with E-state index in [1.165, 1.54) is 0 Å². The maximum atomic E-state index is 13.0. The lowest BCUT2D eigenvalue weighted by Gasteiger charge is -2.37. The zero-order valence-corrected chi connectivity index (χ0v) is 21.0. The van der Waals surface area contributed by atoms with E-state index in [0.29, 0.717) is 13.1 Å². The first kappa shape index (κ1) is 26.7. The van der Waals surface area contributed by atoms with Crippen LogP contribution in [0.3, 0.4) is 0 Å². The van der Waals surface area contributed by atoms with Crippen LogP contribution in [0.1, 0.15) is 67.2 Å². The van der Waals surface area contributed by atoms with E-state index in [0.717, 1.165) is 25.7 Å². The quantitative estimate of drug-likeness (QED) is 0.616. The van der Waals surface area contributed by atoms with Crippen LogP contribution in [0.15, 0.2) is 24.3 Å². The van der Waals surface area contributed by atoms with Gasteiger partial charge in [0.2, 0.25) is 5.91 Å². The van der Waals surface area contributed by atoms with Crippen LogP contribution in [0.5, 0.6) is 0 Å². The number of carbonyl (C=O) groups excluding carboxylic acids is 3. The maximum absolute atomic E-state index is 13.0. The number of hydrogen-bond donors (Lipinski definition) is 2. The number of hydrogen-bond acceptors (Lipinski definition) is 5. The summed E-state index contributed by atoms with van der Waals surface area (Å²) in [5.41, 5.74) is -1.10. The summed E-state index contributed by atoms with van der Waals surface area (Å²) in [6.45, 7) is 12.4. The Kier molecular flexibility index (Phi) is 9.37. The molecule has 33 heavy (non-hydrogen) atoms. The van der Waals surface area contributed by atoms with Gasteiger partial charge < -0.3 is 25.0 Å². The van der Waals surface area contributed by atoms with Crippen LogP contribution in [-0.4, -0.2) is 60.4 Å². The number of nitrogens with zero attached hydrogens (tertiary/aromatic N) is 1. The van der Waals surface area contributed by atoms with Crippen molar-refractivity contribution in [1.82, 2.24) is 15.5 Å². The van der Waals surface area contributed by atoms with E-state index in [-0.39, 0.29) is 30.6 Å². The maximum Gasteiger partial charge on any atom is 0.410 e.